The lowest BCUT2D eigenvalue weighted by Crippen LogP contribution is -2.26. The van der Waals surface area contributed by atoms with Crippen LogP contribution in [0.15, 0.2) is 30.5 Å². The SMILES string of the molecule is CCCN(CCCCc1cc2cnc(C#N)nc2n1CC(C)(C)C)c1ccc([N+](=O)[O-])cc1C. The summed E-state index contributed by atoms with van der Waals surface area (Å²) in [5.74, 6) is 0.195. The molecule has 0 aliphatic rings. The predicted octanol–water partition coefficient (Wildman–Crippen LogP) is 5.81. The van der Waals surface area contributed by atoms with Crippen LogP contribution in [0, 0.1) is 33.8 Å². The van der Waals surface area contributed by atoms with Crippen molar-refractivity contribution in [3.63, 3.8) is 0 Å². The summed E-state index contributed by atoms with van der Waals surface area (Å²) >= 11 is 0. The van der Waals surface area contributed by atoms with Gasteiger partial charge in [0, 0.05) is 54.7 Å². The highest BCUT2D eigenvalue weighted by Crippen LogP contribution is 2.27. The summed E-state index contributed by atoms with van der Waals surface area (Å²) in [5, 5.41) is 21.3. The number of nitro benzene ring substituents is 1. The fourth-order valence-electron chi connectivity index (χ4n) is 4.34. The second-order valence-electron chi connectivity index (χ2n) is 10.0. The Kier molecular flexibility index (Phi) is 7.87. The Morgan fingerprint density at radius 3 is 2.59 bits per heavy atom. The van der Waals surface area contributed by atoms with E-state index in [1.165, 1.54) is 5.69 Å². The van der Waals surface area contributed by atoms with E-state index >= 15 is 0 Å². The minimum Gasteiger partial charge on any atom is -0.371 e. The molecule has 8 nitrogen and oxygen atoms in total. The van der Waals surface area contributed by atoms with Crippen LogP contribution in [-0.2, 0) is 13.0 Å². The normalized spacial score (nSPS) is 11.5. The van der Waals surface area contributed by atoms with E-state index in [4.69, 9.17) is 0 Å². The average molecular weight is 463 g/mol. The molecule has 3 rings (SSSR count). The topological polar surface area (TPSA) is 101 Å². The highest BCUT2D eigenvalue weighted by atomic mass is 16.6. The summed E-state index contributed by atoms with van der Waals surface area (Å²) in [6.45, 7) is 13.3. The maximum Gasteiger partial charge on any atom is 0.269 e. The van der Waals surface area contributed by atoms with E-state index in [2.05, 4.69) is 53.2 Å². The summed E-state index contributed by atoms with van der Waals surface area (Å²) in [6, 6.07) is 9.30. The third kappa shape index (κ3) is 6.10. The number of unbranched alkanes of at least 4 members (excludes halogenated alkanes) is 1. The summed E-state index contributed by atoms with van der Waals surface area (Å²) in [6.07, 6.45) is 5.67. The zero-order valence-electron chi connectivity index (χ0n) is 20.8. The van der Waals surface area contributed by atoms with E-state index in [0.717, 1.165) is 67.6 Å². The largest absolute Gasteiger partial charge is 0.371 e. The second-order valence-corrected chi connectivity index (χ2v) is 10.0. The highest BCUT2D eigenvalue weighted by molar-refractivity contribution is 5.77. The molecule has 2 heterocycles. The molecule has 0 saturated heterocycles. The molecule has 0 saturated carbocycles. The van der Waals surface area contributed by atoms with Gasteiger partial charge < -0.3 is 9.47 Å². The number of hydrogen-bond donors (Lipinski definition) is 0. The van der Waals surface area contributed by atoms with E-state index in [0.29, 0.717) is 0 Å². The average Bonchev–Trinajstić information content (AvgIpc) is 3.10. The number of nitrogens with zero attached hydrogens (tertiary/aromatic N) is 6. The lowest BCUT2D eigenvalue weighted by Gasteiger charge is -2.26. The van der Waals surface area contributed by atoms with Gasteiger partial charge in [0.1, 0.15) is 11.7 Å². The molecule has 0 unspecified atom stereocenters. The van der Waals surface area contributed by atoms with Gasteiger partial charge in [0.15, 0.2) is 0 Å². The van der Waals surface area contributed by atoms with Crippen molar-refractivity contribution in [2.75, 3.05) is 18.0 Å². The van der Waals surface area contributed by atoms with Crippen molar-refractivity contribution in [2.45, 2.75) is 66.8 Å². The number of benzene rings is 1. The van der Waals surface area contributed by atoms with Crippen LogP contribution in [0.25, 0.3) is 11.0 Å². The molecule has 0 N–H and O–H groups in total. The number of nitriles is 1. The number of aryl methyl sites for hydroxylation is 2. The standard InChI is InChI=1S/C26H34N6O2/c1-6-12-30(23-11-10-22(32(33)34)14-19(23)2)13-8-7-9-21-15-20-17-28-24(16-27)29-25(20)31(21)18-26(3,4)5/h10-11,14-15,17H,6-9,12-13,18H2,1-5H3. The Morgan fingerprint density at radius 2 is 1.97 bits per heavy atom. The summed E-state index contributed by atoms with van der Waals surface area (Å²) in [4.78, 5) is 21.7. The summed E-state index contributed by atoms with van der Waals surface area (Å²) in [5.41, 5.74) is 4.23. The number of non-ortho nitro benzene ring substituents is 1. The summed E-state index contributed by atoms with van der Waals surface area (Å²) < 4.78 is 2.24. The van der Waals surface area contributed by atoms with Gasteiger partial charge in [-0.15, -0.1) is 0 Å². The van der Waals surface area contributed by atoms with Crippen molar-refractivity contribution in [1.29, 1.82) is 5.26 Å². The van der Waals surface area contributed by atoms with Crippen molar-refractivity contribution in [3.05, 3.63) is 57.7 Å². The first-order chi connectivity index (χ1) is 16.1. The van der Waals surface area contributed by atoms with Crippen molar-refractivity contribution in [1.82, 2.24) is 14.5 Å². The zero-order chi connectivity index (χ0) is 24.9. The number of anilines is 1. The van der Waals surface area contributed by atoms with Gasteiger partial charge in [0.25, 0.3) is 5.69 Å². The molecular weight excluding hydrogens is 428 g/mol. The van der Waals surface area contributed by atoms with Crippen LogP contribution in [0.5, 0.6) is 0 Å². The second kappa shape index (κ2) is 10.6. The van der Waals surface area contributed by atoms with Crippen LogP contribution in [0.1, 0.15) is 64.0 Å². The molecule has 0 fully saturated rings. The van der Waals surface area contributed by atoms with Crippen molar-refractivity contribution < 1.29 is 4.92 Å². The molecule has 3 aromatic rings. The first kappa shape index (κ1) is 25.2. The van der Waals surface area contributed by atoms with E-state index in [9.17, 15) is 15.4 Å². The van der Waals surface area contributed by atoms with Crippen LogP contribution < -0.4 is 4.90 Å². The number of hydrogen-bond acceptors (Lipinski definition) is 6. The van der Waals surface area contributed by atoms with Gasteiger partial charge in [-0.3, -0.25) is 10.1 Å². The lowest BCUT2D eigenvalue weighted by molar-refractivity contribution is -0.384. The van der Waals surface area contributed by atoms with Crippen molar-refractivity contribution in [3.8, 4) is 6.07 Å². The van der Waals surface area contributed by atoms with Crippen LogP contribution in [-0.4, -0.2) is 32.5 Å². The van der Waals surface area contributed by atoms with Gasteiger partial charge in [-0.2, -0.15) is 5.26 Å². The minimum atomic E-state index is -0.346. The molecule has 0 amide bonds. The molecule has 0 spiro atoms. The Morgan fingerprint density at radius 1 is 1.21 bits per heavy atom. The Balaban J connectivity index is 1.73. The van der Waals surface area contributed by atoms with Gasteiger partial charge in [-0.1, -0.05) is 27.7 Å². The van der Waals surface area contributed by atoms with Crippen LogP contribution in [0.3, 0.4) is 0 Å². The lowest BCUT2D eigenvalue weighted by atomic mass is 9.96. The highest BCUT2D eigenvalue weighted by Gasteiger charge is 2.18. The van der Waals surface area contributed by atoms with E-state index in [1.54, 1.807) is 18.3 Å². The third-order valence-corrected chi connectivity index (χ3v) is 5.79. The minimum absolute atomic E-state index is 0.0732. The Labute approximate surface area is 201 Å². The van der Waals surface area contributed by atoms with Gasteiger partial charge in [-0.25, -0.2) is 9.97 Å². The van der Waals surface area contributed by atoms with Crippen molar-refractivity contribution >= 4 is 22.4 Å². The monoisotopic (exact) mass is 462 g/mol. The maximum atomic E-state index is 11.1. The van der Waals surface area contributed by atoms with Crippen LogP contribution in [0.2, 0.25) is 0 Å². The van der Waals surface area contributed by atoms with E-state index in [1.807, 2.05) is 19.1 Å². The number of nitro groups is 1. The molecule has 0 atom stereocenters. The molecule has 0 aliphatic carbocycles. The van der Waals surface area contributed by atoms with Crippen LogP contribution in [0.4, 0.5) is 11.4 Å². The summed E-state index contributed by atoms with van der Waals surface area (Å²) in [7, 11) is 0. The van der Waals surface area contributed by atoms with Crippen molar-refractivity contribution in [2.24, 2.45) is 5.41 Å². The molecule has 180 valence electrons. The molecule has 0 radical (unpaired) electrons. The number of rotatable bonds is 10. The molecule has 0 aliphatic heterocycles. The van der Waals surface area contributed by atoms with Gasteiger partial charge >= 0.3 is 0 Å². The smallest absolute Gasteiger partial charge is 0.269 e. The zero-order valence-corrected chi connectivity index (χ0v) is 20.8. The maximum absolute atomic E-state index is 11.1. The van der Waals surface area contributed by atoms with Gasteiger partial charge in [0.2, 0.25) is 5.82 Å². The molecule has 1 aromatic carbocycles. The fourth-order valence-corrected chi connectivity index (χ4v) is 4.34. The van der Waals surface area contributed by atoms with Gasteiger partial charge in [-0.05, 0) is 55.7 Å². The molecule has 2 aromatic heterocycles. The molecule has 0 bridgehead atoms. The first-order valence-electron chi connectivity index (χ1n) is 11.9. The first-order valence-corrected chi connectivity index (χ1v) is 11.9. The quantitative estimate of drug-likeness (QED) is 0.214. The van der Waals surface area contributed by atoms with E-state index < -0.39 is 0 Å². The fraction of sp³-hybridized carbons (Fsp3) is 0.500. The predicted molar refractivity (Wildman–Crippen MR) is 135 cm³/mol. The van der Waals surface area contributed by atoms with Crippen LogP contribution >= 0.6 is 0 Å². The Hall–Kier alpha value is -3.47. The molecular formula is C26H34N6O2. The number of aromatic nitrogens is 3. The Bertz CT molecular complexity index is 1200. The van der Waals surface area contributed by atoms with Gasteiger partial charge in [0.05, 0.1) is 4.92 Å². The molecule has 8 heteroatoms. The third-order valence-electron chi connectivity index (χ3n) is 5.79. The number of fused-ring (bicyclic) bond motifs is 1. The molecule has 34 heavy (non-hydrogen) atoms. The van der Waals surface area contributed by atoms with E-state index in [-0.39, 0.29) is 21.9 Å².